The van der Waals surface area contributed by atoms with Gasteiger partial charge in [0.1, 0.15) is 0 Å². The Morgan fingerprint density at radius 2 is 1.73 bits per heavy atom. The lowest BCUT2D eigenvalue weighted by Gasteiger charge is -2.32. The predicted octanol–water partition coefficient (Wildman–Crippen LogP) is 3.63. The van der Waals surface area contributed by atoms with E-state index in [4.69, 9.17) is 0 Å². The van der Waals surface area contributed by atoms with Crippen molar-refractivity contribution in [3.05, 3.63) is 77.4 Å². The third-order valence-corrected chi connectivity index (χ3v) is 5.67. The normalized spacial score (nSPS) is 14.8. The number of nitrogens with one attached hydrogen (secondary N) is 1. The molecule has 1 aliphatic heterocycles. The number of alkyl halides is 3. The van der Waals surface area contributed by atoms with Crippen molar-refractivity contribution in [3.8, 4) is 5.69 Å². The minimum atomic E-state index is -4.77. The van der Waals surface area contributed by atoms with E-state index in [0.717, 1.165) is 10.9 Å². The standard InChI is InChI=1S/C23H22F3N5O2/c1-15-4-2-3-5-19(15)31-20(23(24,25)26)18(14-28-31)21(32)29-17-8-12-30(13-9-17)22(33)16-6-10-27-11-7-16/h2-7,10-11,14,17H,8-9,12-13H2,1H3,(H,29,32). The first-order valence-electron chi connectivity index (χ1n) is 10.5. The Labute approximate surface area is 188 Å². The molecular weight excluding hydrogens is 435 g/mol. The van der Waals surface area contributed by atoms with E-state index in [2.05, 4.69) is 15.4 Å². The van der Waals surface area contributed by atoms with Gasteiger partial charge in [0, 0.05) is 37.1 Å². The molecule has 1 aromatic carbocycles. The summed E-state index contributed by atoms with van der Waals surface area (Å²) in [6.07, 6.45) is 0.134. The monoisotopic (exact) mass is 457 g/mol. The fourth-order valence-corrected chi connectivity index (χ4v) is 3.94. The van der Waals surface area contributed by atoms with E-state index < -0.39 is 23.3 Å². The maximum absolute atomic E-state index is 13.9. The van der Waals surface area contributed by atoms with Crippen molar-refractivity contribution in [3.63, 3.8) is 0 Å². The van der Waals surface area contributed by atoms with Crippen LogP contribution < -0.4 is 5.32 Å². The van der Waals surface area contributed by atoms with Crippen LogP contribution in [0.2, 0.25) is 0 Å². The molecule has 0 radical (unpaired) electrons. The molecule has 0 unspecified atom stereocenters. The van der Waals surface area contributed by atoms with Crippen molar-refractivity contribution in [2.45, 2.75) is 32.0 Å². The second kappa shape index (κ2) is 9.05. The second-order valence-corrected chi connectivity index (χ2v) is 7.88. The van der Waals surface area contributed by atoms with Crippen LogP contribution >= 0.6 is 0 Å². The molecule has 0 bridgehead atoms. The van der Waals surface area contributed by atoms with Crippen LogP contribution in [0, 0.1) is 6.92 Å². The highest BCUT2D eigenvalue weighted by Crippen LogP contribution is 2.34. The van der Waals surface area contributed by atoms with Crippen molar-refractivity contribution >= 4 is 11.8 Å². The Morgan fingerprint density at radius 1 is 1.06 bits per heavy atom. The van der Waals surface area contributed by atoms with E-state index in [0.29, 0.717) is 37.1 Å². The molecule has 1 aliphatic rings. The predicted molar refractivity (Wildman–Crippen MR) is 114 cm³/mol. The van der Waals surface area contributed by atoms with Crippen molar-refractivity contribution in [1.29, 1.82) is 0 Å². The third kappa shape index (κ3) is 4.74. The van der Waals surface area contributed by atoms with Gasteiger partial charge in [-0.25, -0.2) is 4.68 Å². The Bertz CT molecular complexity index is 1150. The van der Waals surface area contributed by atoms with Crippen LogP contribution in [0.1, 0.15) is 44.8 Å². The van der Waals surface area contributed by atoms with Crippen molar-refractivity contribution in [2.24, 2.45) is 0 Å². The van der Waals surface area contributed by atoms with Gasteiger partial charge < -0.3 is 10.2 Å². The molecule has 0 aliphatic carbocycles. The Kier molecular flexibility index (Phi) is 6.17. The molecule has 1 saturated heterocycles. The highest BCUT2D eigenvalue weighted by atomic mass is 19.4. The molecular formula is C23H22F3N5O2. The van der Waals surface area contributed by atoms with Crippen molar-refractivity contribution < 1.29 is 22.8 Å². The first-order valence-corrected chi connectivity index (χ1v) is 10.5. The van der Waals surface area contributed by atoms with Crippen LogP contribution in [0.15, 0.2) is 55.0 Å². The lowest BCUT2D eigenvalue weighted by Crippen LogP contribution is -2.46. The number of piperidine rings is 1. The van der Waals surface area contributed by atoms with Crippen LogP contribution in [0.25, 0.3) is 5.69 Å². The maximum Gasteiger partial charge on any atom is 0.434 e. The lowest BCUT2D eigenvalue weighted by molar-refractivity contribution is -0.143. The molecule has 33 heavy (non-hydrogen) atoms. The van der Waals surface area contributed by atoms with Gasteiger partial charge in [0.15, 0.2) is 5.69 Å². The van der Waals surface area contributed by atoms with Gasteiger partial charge in [-0.3, -0.25) is 14.6 Å². The van der Waals surface area contributed by atoms with Gasteiger partial charge in [-0.2, -0.15) is 18.3 Å². The summed E-state index contributed by atoms with van der Waals surface area (Å²) in [6.45, 7) is 2.46. The molecule has 7 nitrogen and oxygen atoms in total. The van der Waals surface area contributed by atoms with Crippen LogP contribution in [-0.2, 0) is 6.18 Å². The number of carbonyl (C=O) groups is 2. The van der Waals surface area contributed by atoms with Gasteiger partial charge in [0.2, 0.25) is 0 Å². The first kappa shape index (κ1) is 22.5. The Morgan fingerprint density at radius 3 is 2.36 bits per heavy atom. The molecule has 2 aromatic heterocycles. The molecule has 1 N–H and O–H groups in total. The molecule has 0 atom stereocenters. The highest BCUT2D eigenvalue weighted by Gasteiger charge is 2.41. The number of amides is 2. The summed E-state index contributed by atoms with van der Waals surface area (Å²) in [5, 5.41) is 6.56. The number of halogens is 3. The Hall–Kier alpha value is -3.69. The van der Waals surface area contributed by atoms with E-state index in [1.165, 1.54) is 18.5 Å². The summed E-state index contributed by atoms with van der Waals surface area (Å²) in [7, 11) is 0. The zero-order valence-electron chi connectivity index (χ0n) is 17.8. The molecule has 1 fully saturated rings. The van der Waals surface area contributed by atoms with Crippen LogP contribution in [-0.4, -0.2) is 50.6 Å². The molecule has 10 heteroatoms. The van der Waals surface area contributed by atoms with Crippen LogP contribution in [0.4, 0.5) is 13.2 Å². The number of hydrogen-bond donors (Lipinski definition) is 1. The molecule has 172 valence electrons. The smallest absolute Gasteiger partial charge is 0.349 e. The average Bonchev–Trinajstić information content (AvgIpc) is 3.26. The minimum absolute atomic E-state index is 0.138. The number of likely N-dealkylation sites (tertiary alicyclic amines) is 1. The summed E-state index contributed by atoms with van der Waals surface area (Å²) in [4.78, 5) is 30.9. The Balaban J connectivity index is 1.47. The topological polar surface area (TPSA) is 80.1 Å². The van der Waals surface area contributed by atoms with Crippen LogP contribution in [0.5, 0.6) is 0 Å². The molecule has 3 aromatic rings. The lowest BCUT2D eigenvalue weighted by atomic mass is 10.0. The van der Waals surface area contributed by atoms with Crippen molar-refractivity contribution in [2.75, 3.05) is 13.1 Å². The van der Waals surface area contributed by atoms with E-state index in [-0.39, 0.29) is 17.6 Å². The van der Waals surface area contributed by atoms with Crippen molar-refractivity contribution in [1.82, 2.24) is 25.0 Å². The number of hydrogen-bond acceptors (Lipinski definition) is 4. The van der Waals surface area contributed by atoms with E-state index in [9.17, 15) is 22.8 Å². The summed E-state index contributed by atoms with van der Waals surface area (Å²) < 4.78 is 42.5. The summed E-state index contributed by atoms with van der Waals surface area (Å²) >= 11 is 0. The molecule has 4 rings (SSSR count). The third-order valence-electron chi connectivity index (χ3n) is 5.67. The fourth-order valence-electron chi connectivity index (χ4n) is 3.94. The number of aromatic nitrogens is 3. The maximum atomic E-state index is 13.9. The van der Waals surface area contributed by atoms with Gasteiger partial charge in [0.05, 0.1) is 17.4 Å². The molecule has 0 spiro atoms. The van der Waals surface area contributed by atoms with Gasteiger partial charge in [-0.05, 0) is 43.5 Å². The number of rotatable bonds is 4. The number of aryl methyl sites for hydroxylation is 1. The zero-order valence-corrected chi connectivity index (χ0v) is 17.8. The first-order chi connectivity index (χ1) is 15.8. The van der Waals surface area contributed by atoms with Crippen LogP contribution in [0.3, 0.4) is 0 Å². The molecule has 0 saturated carbocycles. The summed E-state index contributed by atoms with van der Waals surface area (Å²) in [5.74, 6) is -0.970. The van der Waals surface area contributed by atoms with Gasteiger partial charge in [-0.15, -0.1) is 0 Å². The summed E-state index contributed by atoms with van der Waals surface area (Å²) in [5.41, 5.74) is -0.261. The van der Waals surface area contributed by atoms with E-state index >= 15 is 0 Å². The zero-order chi connectivity index (χ0) is 23.6. The SMILES string of the molecule is Cc1ccccc1-n1ncc(C(=O)NC2CCN(C(=O)c3ccncc3)CC2)c1C(F)(F)F. The summed E-state index contributed by atoms with van der Waals surface area (Å²) in [6, 6.07) is 9.44. The highest BCUT2D eigenvalue weighted by molar-refractivity contribution is 5.96. The average molecular weight is 457 g/mol. The van der Waals surface area contributed by atoms with Gasteiger partial charge in [-0.1, -0.05) is 18.2 Å². The number of pyridine rings is 1. The van der Waals surface area contributed by atoms with Gasteiger partial charge >= 0.3 is 6.18 Å². The quantitative estimate of drug-likeness (QED) is 0.649. The number of carbonyl (C=O) groups excluding carboxylic acids is 2. The minimum Gasteiger partial charge on any atom is -0.349 e. The number of para-hydroxylation sites is 1. The largest absolute Gasteiger partial charge is 0.434 e. The second-order valence-electron chi connectivity index (χ2n) is 7.88. The van der Waals surface area contributed by atoms with Gasteiger partial charge in [0.25, 0.3) is 11.8 Å². The fraction of sp³-hybridized carbons (Fsp3) is 0.304. The number of benzene rings is 1. The number of nitrogens with zero attached hydrogens (tertiary/aromatic N) is 4. The molecule has 2 amide bonds. The van der Waals surface area contributed by atoms with E-state index in [1.807, 2.05) is 0 Å². The van der Waals surface area contributed by atoms with E-state index in [1.54, 1.807) is 42.2 Å². The molecule has 3 heterocycles.